The Labute approximate surface area is 133 Å². The third-order valence-electron chi connectivity index (χ3n) is 2.21. The van der Waals surface area contributed by atoms with E-state index in [1.165, 1.54) is 25.4 Å². The maximum atomic E-state index is 12.6. The van der Waals surface area contributed by atoms with Crippen LogP contribution in [0, 0.1) is 6.92 Å². The molecule has 0 saturated heterocycles. The summed E-state index contributed by atoms with van der Waals surface area (Å²) < 4.78 is 37.8. The Hall–Kier alpha value is 0.0513. The quantitative estimate of drug-likeness (QED) is 0.606. The summed E-state index contributed by atoms with van der Waals surface area (Å²) in [6, 6.07) is 2.46. The first-order valence-electron chi connectivity index (χ1n) is 4.39. The molecule has 16 heavy (non-hydrogen) atoms. The van der Waals surface area contributed by atoms with E-state index >= 15 is 0 Å². The third-order valence-corrected chi connectivity index (χ3v) is 2.21. The Morgan fingerprint density at radius 2 is 1.50 bits per heavy atom. The van der Waals surface area contributed by atoms with E-state index in [1.54, 1.807) is 0 Å². The van der Waals surface area contributed by atoms with Crippen LogP contribution in [0.25, 0.3) is 11.0 Å². The summed E-state index contributed by atoms with van der Waals surface area (Å²) >= 11 is 0. The van der Waals surface area contributed by atoms with Gasteiger partial charge in [-0.2, -0.15) is 0 Å². The van der Waals surface area contributed by atoms with Gasteiger partial charge in [0, 0.05) is 12.4 Å². The first kappa shape index (κ1) is 14.1. The van der Waals surface area contributed by atoms with Gasteiger partial charge in [-0.15, -0.1) is 5.46 Å². The summed E-state index contributed by atoms with van der Waals surface area (Å²) in [6.07, 6.45) is 2.84. The van der Waals surface area contributed by atoms with Gasteiger partial charge in [0.2, 0.25) is 0 Å². The zero-order valence-corrected chi connectivity index (χ0v) is 12.0. The molecule has 0 aliphatic rings. The Kier molecular flexibility index (Phi) is 4.53. The molecule has 2 nitrogen and oxygen atoms in total. The van der Waals surface area contributed by atoms with Crippen molar-refractivity contribution in [3.05, 3.63) is 30.1 Å². The molecule has 0 radical (unpaired) electrons. The predicted octanol–water partition coefficient (Wildman–Crippen LogP) is -1.00. The molecular weight excluding hydrogens is 243 g/mol. The van der Waals surface area contributed by atoms with E-state index in [1.807, 2.05) is 0 Å². The summed E-state index contributed by atoms with van der Waals surface area (Å²) in [4.78, 5) is 7.79. The normalized spacial score (nSPS) is 11.2. The van der Waals surface area contributed by atoms with Crippen molar-refractivity contribution in [2.24, 2.45) is 0 Å². The van der Waals surface area contributed by atoms with Crippen molar-refractivity contribution in [3.8, 4) is 0 Å². The van der Waals surface area contributed by atoms with Gasteiger partial charge in [-0.3, -0.25) is 9.97 Å². The average Bonchev–Trinajstić information content (AvgIpc) is 2.15. The van der Waals surface area contributed by atoms with Gasteiger partial charge in [0.05, 0.1) is 11.0 Å². The van der Waals surface area contributed by atoms with Crippen LogP contribution in [0.1, 0.15) is 5.56 Å². The number of rotatable bonds is 1. The molecule has 0 aliphatic heterocycles. The SMILES string of the molecule is Cc1cc2nccnc2cc1[B-](F)(F)F.[K+]. The van der Waals surface area contributed by atoms with Gasteiger partial charge in [0.1, 0.15) is 0 Å². The topological polar surface area (TPSA) is 25.8 Å². The van der Waals surface area contributed by atoms with Crippen LogP contribution in [0.15, 0.2) is 24.5 Å². The molecule has 0 unspecified atom stereocenters. The van der Waals surface area contributed by atoms with Crippen molar-refractivity contribution in [2.45, 2.75) is 6.92 Å². The standard InChI is InChI=1S/C9H7BF3N2.K/c1-6-4-8-9(15-3-2-14-8)5-7(6)10(11,12)13;/h2-5H,1H3;/q-1;+1. The maximum Gasteiger partial charge on any atom is 1.00 e. The number of aromatic nitrogens is 2. The molecule has 0 atom stereocenters. The van der Waals surface area contributed by atoms with Gasteiger partial charge in [-0.25, -0.2) is 0 Å². The molecule has 2 rings (SSSR count). The molecule has 0 fully saturated rings. The number of halogens is 3. The fourth-order valence-electron chi connectivity index (χ4n) is 1.48. The minimum absolute atomic E-state index is 0. The second-order valence-electron chi connectivity index (χ2n) is 3.33. The number of fused-ring (bicyclic) bond motifs is 1. The van der Waals surface area contributed by atoms with Gasteiger partial charge < -0.3 is 12.9 Å². The molecular formula is C9H7BF3KN2. The van der Waals surface area contributed by atoms with Gasteiger partial charge in [-0.05, 0) is 13.0 Å². The molecule has 2 aromatic rings. The van der Waals surface area contributed by atoms with Crippen molar-refractivity contribution in [1.82, 2.24) is 9.97 Å². The van der Waals surface area contributed by atoms with Crippen molar-refractivity contribution in [2.75, 3.05) is 0 Å². The van der Waals surface area contributed by atoms with E-state index in [4.69, 9.17) is 0 Å². The van der Waals surface area contributed by atoms with Crippen molar-refractivity contribution >= 4 is 23.5 Å². The van der Waals surface area contributed by atoms with Crippen LogP contribution in [-0.4, -0.2) is 16.9 Å². The smallest absolute Gasteiger partial charge is 0.445 e. The largest absolute Gasteiger partial charge is 1.00 e. The Morgan fingerprint density at radius 1 is 1.00 bits per heavy atom. The minimum atomic E-state index is -4.98. The van der Waals surface area contributed by atoms with E-state index in [9.17, 15) is 12.9 Å². The van der Waals surface area contributed by atoms with Crippen LogP contribution in [-0.2, 0) is 0 Å². The predicted molar refractivity (Wildman–Crippen MR) is 53.0 cm³/mol. The van der Waals surface area contributed by atoms with Crippen LogP contribution < -0.4 is 56.8 Å². The average molecular weight is 250 g/mol. The van der Waals surface area contributed by atoms with Gasteiger partial charge in [-0.1, -0.05) is 11.6 Å². The zero-order valence-electron chi connectivity index (χ0n) is 8.92. The molecule has 0 aliphatic carbocycles. The van der Waals surface area contributed by atoms with Gasteiger partial charge >= 0.3 is 58.4 Å². The van der Waals surface area contributed by atoms with E-state index in [0.29, 0.717) is 5.52 Å². The third kappa shape index (κ3) is 2.84. The van der Waals surface area contributed by atoms with Crippen molar-refractivity contribution in [1.29, 1.82) is 0 Å². The molecule has 0 saturated carbocycles. The fourth-order valence-corrected chi connectivity index (χ4v) is 1.48. The number of hydrogen-bond acceptors (Lipinski definition) is 2. The minimum Gasteiger partial charge on any atom is -0.445 e. The first-order valence-corrected chi connectivity index (χ1v) is 4.39. The molecule has 78 valence electrons. The summed E-state index contributed by atoms with van der Waals surface area (Å²) in [6.45, 7) is -3.55. The van der Waals surface area contributed by atoms with E-state index in [2.05, 4.69) is 9.97 Å². The number of hydrogen-bond donors (Lipinski definition) is 0. The van der Waals surface area contributed by atoms with Crippen LogP contribution in [0.3, 0.4) is 0 Å². The second-order valence-corrected chi connectivity index (χ2v) is 3.33. The van der Waals surface area contributed by atoms with Crippen molar-refractivity contribution < 1.29 is 64.3 Å². The molecule has 1 aromatic heterocycles. The molecule has 7 heteroatoms. The zero-order chi connectivity index (χ0) is 11.1. The van der Waals surface area contributed by atoms with E-state index in [0.717, 1.165) is 6.07 Å². The van der Waals surface area contributed by atoms with Crippen LogP contribution in [0.2, 0.25) is 0 Å². The summed E-state index contributed by atoms with van der Waals surface area (Å²) in [7, 11) is 0. The molecule has 0 bridgehead atoms. The summed E-state index contributed by atoms with van der Waals surface area (Å²) in [5, 5.41) is 0. The molecule has 0 N–H and O–H groups in total. The number of nitrogens with zero attached hydrogens (tertiary/aromatic N) is 2. The number of benzene rings is 1. The monoisotopic (exact) mass is 250 g/mol. The Bertz CT molecular complexity index is 516. The maximum absolute atomic E-state index is 12.6. The molecule has 0 amide bonds. The van der Waals surface area contributed by atoms with E-state index in [-0.39, 0.29) is 62.5 Å². The van der Waals surface area contributed by atoms with Crippen LogP contribution in [0.5, 0.6) is 0 Å². The molecule has 0 spiro atoms. The fraction of sp³-hybridized carbons (Fsp3) is 0.111. The van der Waals surface area contributed by atoms with E-state index < -0.39 is 12.4 Å². The van der Waals surface area contributed by atoms with Crippen LogP contribution in [0.4, 0.5) is 12.9 Å². The first-order chi connectivity index (χ1) is 6.98. The Balaban J connectivity index is 0.00000128. The van der Waals surface area contributed by atoms with Gasteiger partial charge in [0.15, 0.2) is 0 Å². The van der Waals surface area contributed by atoms with Gasteiger partial charge in [0.25, 0.3) is 0 Å². The second kappa shape index (κ2) is 5.14. The molecule has 1 heterocycles. The Morgan fingerprint density at radius 3 is 2.00 bits per heavy atom. The number of aryl methyl sites for hydroxylation is 1. The summed E-state index contributed by atoms with van der Waals surface area (Å²) in [5.41, 5.74) is 0.356. The summed E-state index contributed by atoms with van der Waals surface area (Å²) in [5.74, 6) is 0. The van der Waals surface area contributed by atoms with Crippen LogP contribution >= 0.6 is 0 Å². The molecule has 1 aromatic carbocycles. The van der Waals surface area contributed by atoms with Crippen molar-refractivity contribution in [3.63, 3.8) is 0 Å².